The summed E-state index contributed by atoms with van der Waals surface area (Å²) in [5.41, 5.74) is 11.5. The quantitative estimate of drug-likeness (QED) is 0.136. The van der Waals surface area contributed by atoms with Gasteiger partial charge in [-0.15, -0.1) is 11.3 Å². The van der Waals surface area contributed by atoms with Crippen molar-refractivity contribution in [3.8, 4) is 0 Å². The van der Waals surface area contributed by atoms with Crippen LogP contribution in [-0.2, 0) is 19.5 Å². The van der Waals surface area contributed by atoms with Crippen LogP contribution in [0.2, 0.25) is 0 Å². The number of alkyl halides is 2. The van der Waals surface area contributed by atoms with Crippen molar-refractivity contribution in [3.63, 3.8) is 0 Å². The molecule has 0 saturated heterocycles. The Balaban J connectivity index is 0.000000156. The van der Waals surface area contributed by atoms with E-state index in [9.17, 15) is 9.59 Å². The molecular formula is C22H24Br2N10O3S. The van der Waals surface area contributed by atoms with Gasteiger partial charge in [0, 0.05) is 9.75 Å². The van der Waals surface area contributed by atoms with E-state index in [1.807, 2.05) is 21.9 Å². The van der Waals surface area contributed by atoms with Gasteiger partial charge >= 0.3 is 0 Å². The Hall–Kier alpha value is -3.50. The van der Waals surface area contributed by atoms with E-state index < -0.39 is 0 Å². The average Bonchev–Trinajstić information content (AvgIpc) is 3.66. The minimum atomic E-state index is -0.288. The van der Waals surface area contributed by atoms with Gasteiger partial charge in [0.15, 0.2) is 21.8 Å². The van der Waals surface area contributed by atoms with Gasteiger partial charge in [-0.05, 0) is 62.5 Å². The fourth-order valence-corrected chi connectivity index (χ4v) is 6.08. The third-order valence-electron chi connectivity index (χ3n) is 5.75. The highest BCUT2D eigenvalue weighted by molar-refractivity contribution is 9.09. The van der Waals surface area contributed by atoms with Crippen LogP contribution in [-0.4, -0.2) is 30.1 Å². The number of aromatic amines is 2. The first-order valence-electron chi connectivity index (χ1n) is 11.5. The molecule has 0 fully saturated rings. The summed E-state index contributed by atoms with van der Waals surface area (Å²) in [5.74, 6) is 2.08. The Labute approximate surface area is 236 Å². The lowest BCUT2D eigenvalue weighted by Crippen LogP contribution is -2.30. The zero-order chi connectivity index (χ0) is 27.0. The molecule has 0 amide bonds. The van der Waals surface area contributed by atoms with E-state index in [4.69, 9.17) is 15.9 Å². The van der Waals surface area contributed by atoms with Crippen LogP contribution < -0.4 is 43.0 Å². The number of furan rings is 1. The van der Waals surface area contributed by atoms with Crippen molar-refractivity contribution in [1.29, 1.82) is 0 Å². The molecule has 13 nitrogen and oxygen atoms in total. The maximum absolute atomic E-state index is 11.8. The molecule has 0 spiro atoms. The number of nitrogen functional groups attached to an aromatic ring is 2. The van der Waals surface area contributed by atoms with Gasteiger partial charge in [-0.2, -0.15) is 9.97 Å². The second-order valence-corrected chi connectivity index (χ2v) is 11.3. The second-order valence-electron chi connectivity index (χ2n) is 8.32. The predicted molar refractivity (Wildman–Crippen MR) is 156 cm³/mol. The molecule has 2 atom stereocenters. The van der Waals surface area contributed by atoms with Gasteiger partial charge < -0.3 is 36.3 Å². The molecule has 0 saturated carbocycles. The SMILES string of the molecule is CCc1ccc(CN2c3nc(N)[nH]c(=O)c3NC2Br)s1.Nc1nc2c(c(=O)[nH]1)NC(Br)N2Cc1ccco1. The van der Waals surface area contributed by atoms with Crippen molar-refractivity contribution in [3.05, 3.63) is 66.8 Å². The first-order valence-corrected chi connectivity index (χ1v) is 14.1. The Bertz CT molecular complexity index is 1550. The summed E-state index contributed by atoms with van der Waals surface area (Å²) in [6, 6.07) is 7.90. The number of aryl methyl sites for hydroxylation is 1. The molecule has 4 aromatic heterocycles. The summed E-state index contributed by atoms with van der Waals surface area (Å²) < 4.78 is 5.28. The third-order valence-corrected chi connectivity index (χ3v) is 8.41. The predicted octanol–water partition coefficient (Wildman–Crippen LogP) is 3.14. The van der Waals surface area contributed by atoms with Gasteiger partial charge in [-0.3, -0.25) is 19.6 Å². The maximum Gasteiger partial charge on any atom is 0.277 e. The first-order chi connectivity index (χ1) is 18.2. The number of thiophene rings is 1. The zero-order valence-corrected chi connectivity index (χ0v) is 24.0. The Morgan fingerprint density at radius 1 is 0.921 bits per heavy atom. The number of rotatable bonds is 5. The first kappa shape index (κ1) is 26.1. The summed E-state index contributed by atoms with van der Waals surface area (Å²) >= 11 is 8.71. The molecule has 6 heterocycles. The number of anilines is 6. The minimum absolute atomic E-state index is 0.0894. The fraction of sp³-hybridized carbons (Fsp3) is 0.273. The molecule has 0 aliphatic carbocycles. The zero-order valence-electron chi connectivity index (χ0n) is 20.0. The van der Waals surface area contributed by atoms with E-state index in [1.165, 1.54) is 9.75 Å². The Kier molecular flexibility index (Phi) is 7.36. The molecule has 0 radical (unpaired) electrons. The number of fused-ring (bicyclic) bond motifs is 2. The second kappa shape index (κ2) is 10.7. The summed E-state index contributed by atoms with van der Waals surface area (Å²) in [7, 11) is 0. The van der Waals surface area contributed by atoms with E-state index >= 15 is 0 Å². The number of hydrogen-bond donors (Lipinski definition) is 6. The number of hydrogen-bond acceptors (Lipinski definition) is 12. The molecule has 4 aromatic rings. The van der Waals surface area contributed by atoms with Crippen molar-refractivity contribution in [2.24, 2.45) is 0 Å². The number of nitrogens with one attached hydrogen (secondary N) is 4. The highest BCUT2D eigenvalue weighted by atomic mass is 79.9. The highest BCUT2D eigenvalue weighted by Crippen LogP contribution is 2.35. The van der Waals surface area contributed by atoms with Crippen LogP contribution in [0.5, 0.6) is 0 Å². The van der Waals surface area contributed by atoms with E-state index in [-0.39, 0.29) is 33.2 Å². The molecule has 8 N–H and O–H groups in total. The van der Waals surface area contributed by atoms with Gasteiger partial charge in [0.1, 0.15) is 17.1 Å². The van der Waals surface area contributed by atoms with Crippen LogP contribution in [0.3, 0.4) is 0 Å². The van der Waals surface area contributed by atoms with Crippen LogP contribution >= 0.6 is 43.2 Å². The van der Waals surface area contributed by atoms with E-state index in [2.05, 4.69) is 81.5 Å². The van der Waals surface area contributed by atoms with Gasteiger partial charge in [-0.25, -0.2) is 0 Å². The molecule has 0 bridgehead atoms. The lowest BCUT2D eigenvalue weighted by molar-refractivity contribution is 0.503. The number of H-pyrrole nitrogens is 2. The Morgan fingerprint density at radius 2 is 1.47 bits per heavy atom. The van der Waals surface area contributed by atoms with Crippen molar-refractivity contribution in [2.45, 2.75) is 36.6 Å². The monoisotopic (exact) mass is 666 g/mol. The smallest absolute Gasteiger partial charge is 0.277 e. The van der Waals surface area contributed by atoms with Crippen LogP contribution in [0, 0.1) is 0 Å². The van der Waals surface area contributed by atoms with Crippen LogP contribution in [0.15, 0.2) is 44.5 Å². The maximum atomic E-state index is 11.8. The molecule has 16 heteroatoms. The molecule has 38 heavy (non-hydrogen) atoms. The topological polar surface area (TPSA) is 187 Å². The lowest BCUT2D eigenvalue weighted by atomic mass is 10.3. The third kappa shape index (κ3) is 5.23. The average molecular weight is 668 g/mol. The molecule has 2 aliphatic heterocycles. The van der Waals surface area contributed by atoms with Crippen molar-refractivity contribution in [1.82, 2.24) is 19.9 Å². The van der Waals surface area contributed by atoms with Crippen molar-refractivity contribution in [2.75, 3.05) is 31.9 Å². The van der Waals surface area contributed by atoms with Crippen molar-refractivity contribution < 1.29 is 4.42 Å². The van der Waals surface area contributed by atoms with Gasteiger partial charge in [0.05, 0.1) is 19.4 Å². The van der Waals surface area contributed by atoms with E-state index in [1.54, 1.807) is 17.6 Å². The summed E-state index contributed by atoms with van der Waals surface area (Å²) in [6.45, 7) is 3.30. The normalized spacial score (nSPS) is 17.3. The fourth-order valence-electron chi connectivity index (χ4n) is 3.99. The minimum Gasteiger partial charge on any atom is -0.467 e. The van der Waals surface area contributed by atoms with Crippen molar-refractivity contribution >= 4 is 78.1 Å². The largest absolute Gasteiger partial charge is 0.467 e. The van der Waals surface area contributed by atoms with Gasteiger partial charge in [0.2, 0.25) is 11.9 Å². The molecule has 200 valence electrons. The summed E-state index contributed by atoms with van der Waals surface area (Å²) in [4.78, 5) is 43.3. The molecule has 0 aromatic carbocycles. The van der Waals surface area contributed by atoms with Gasteiger partial charge in [0.25, 0.3) is 11.1 Å². The number of nitrogens with two attached hydrogens (primary N) is 2. The highest BCUT2D eigenvalue weighted by Gasteiger charge is 2.32. The summed E-state index contributed by atoms with van der Waals surface area (Å²) in [5, 5.41) is 5.67. The molecule has 2 unspecified atom stereocenters. The molecule has 6 rings (SSSR count). The van der Waals surface area contributed by atoms with Crippen LogP contribution in [0.25, 0.3) is 0 Å². The standard InChI is InChI=1S/C12H14BrN5OS.C10H10BrN5O2/c1-2-6-3-4-7(20-6)5-18-9-8(15-11(18)13)10(19)17-12(14)16-9;11-9-13-6-7(14-10(12)15-8(6)17)16(9)4-5-2-1-3-18-5/h3-4,11,15H,2,5H2,1H3,(H3,14,16,17,19);1-3,9,13H,4H2,(H3,12,14,15,17). The lowest BCUT2D eigenvalue weighted by Gasteiger charge is -2.20. The molecule has 2 aliphatic rings. The van der Waals surface area contributed by atoms with Crippen LogP contribution in [0.4, 0.5) is 34.9 Å². The van der Waals surface area contributed by atoms with Crippen LogP contribution in [0.1, 0.15) is 22.4 Å². The van der Waals surface area contributed by atoms with Gasteiger partial charge in [-0.1, -0.05) is 6.92 Å². The van der Waals surface area contributed by atoms with E-state index in [0.29, 0.717) is 36.1 Å². The molecular weight excluding hydrogens is 644 g/mol. The summed E-state index contributed by atoms with van der Waals surface area (Å²) in [6.07, 6.45) is 2.63. The number of halogens is 2. The number of aromatic nitrogens is 4. The number of nitrogens with zero attached hydrogens (tertiary/aromatic N) is 4. The van der Waals surface area contributed by atoms with E-state index in [0.717, 1.165) is 12.2 Å². The Morgan fingerprint density at radius 3 is 1.97 bits per heavy atom.